The molecule has 3 heteroatoms. The Kier molecular flexibility index (Phi) is 8.25. The molecule has 0 aromatic heterocycles. The molecule has 0 bridgehead atoms. The summed E-state index contributed by atoms with van der Waals surface area (Å²) < 4.78 is 9.99. The number of epoxide rings is 1. The van der Waals surface area contributed by atoms with Crippen LogP contribution in [-0.2, 0) is 14.3 Å². The summed E-state index contributed by atoms with van der Waals surface area (Å²) in [6.07, 6.45) is 0.971. The smallest absolute Gasteiger partial charge is 0.311 e. The zero-order chi connectivity index (χ0) is 18.9. The normalized spacial score (nSPS) is 21.7. The average molecular weight is 387 g/mol. The van der Waals surface area contributed by atoms with Gasteiger partial charge in [0.15, 0.2) is 0 Å². The van der Waals surface area contributed by atoms with Gasteiger partial charge in [0.05, 0.1) is 12.0 Å². The quantitative estimate of drug-likeness (QED) is 0.433. The maximum absolute atomic E-state index is 11.4. The highest BCUT2D eigenvalue weighted by atomic mass is 16.6. The fourth-order valence-electron chi connectivity index (χ4n) is 3.37. The van der Waals surface area contributed by atoms with Crippen molar-refractivity contribution in [2.24, 2.45) is 5.41 Å². The van der Waals surface area contributed by atoms with E-state index in [1.54, 1.807) is 0 Å². The van der Waals surface area contributed by atoms with Crippen molar-refractivity contribution in [3.63, 3.8) is 0 Å². The van der Waals surface area contributed by atoms with Crippen molar-refractivity contribution < 1.29 is 14.3 Å². The zero-order valence-electron chi connectivity index (χ0n) is 16.5. The first-order valence-electron chi connectivity index (χ1n) is 9.65. The van der Waals surface area contributed by atoms with Crippen LogP contribution in [0.3, 0.4) is 0 Å². The number of rotatable bonds is 4. The van der Waals surface area contributed by atoms with E-state index in [4.69, 9.17) is 9.47 Å². The van der Waals surface area contributed by atoms with Crippen molar-refractivity contribution in [1.29, 1.82) is 0 Å². The van der Waals surface area contributed by atoms with Crippen molar-refractivity contribution in [1.82, 2.24) is 0 Å². The molecular weight excluding hydrogens is 348 g/mol. The van der Waals surface area contributed by atoms with Gasteiger partial charge in [-0.3, -0.25) is 4.79 Å². The molecule has 3 atom stereocenters. The summed E-state index contributed by atoms with van der Waals surface area (Å²) in [7, 11) is 0. The fraction of sp³-hybridized carbons (Fsp3) is 0.560. The first kappa shape index (κ1) is 24.2. The van der Waals surface area contributed by atoms with Gasteiger partial charge in [0, 0.05) is 0 Å². The van der Waals surface area contributed by atoms with E-state index in [9.17, 15) is 4.79 Å². The molecule has 3 unspecified atom stereocenters. The minimum atomic E-state index is -0.352. The first-order valence-corrected chi connectivity index (χ1v) is 9.65. The second-order valence-corrected chi connectivity index (χ2v) is 8.16. The number of esters is 1. The molecule has 0 N–H and O–H groups in total. The molecule has 4 rings (SSSR count). The van der Waals surface area contributed by atoms with E-state index in [1.165, 1.54) is 21.9 Å². The molecule has 156 valence electrons. The Labute approximate surface area is 171 Å². The molecule has 0 amide bonds. The van der Waals surface area contributed by atoms with Gasteiger partial charge >= 0.3 is 5.97 Å². The SMILES string of the molecule is C.C.CC1c2cccc3cccc(c23)C1C.CCC(C)(C)C(=O)OCC1CO1. The first-order chi connectivity index (χ1) is 12.3. The van der Waals surface area contributed by atoms with E-state index in [-0.39, 0.29) is 32.3 Å². The molecule has 1 aliphatic heterocycles. The summed E-state index contributed by atoms with van der Waals surface area (Å²) in [6, 6.07) is 13.3. The molecule has 0 spiro atoms. The van der Waals surface area contributed by atoms with E-state index >= 15 is 0 Å². The maximum atomic E-state index is 11.4. The van der Waals surface area contributed by atoms with Crippen molar-refractivity contribution in [2.45, 2.75) is 73.8 Å². The van der Waals surface area contributed by atoms with Gasteiger partial charge in [0.25, 0.3) is 0 Å². The molecule has 2 aromatic rings. The molecule has 1 heterocycles. The lowest BCUT2D eigenvalue weighted by atomic mass is 9.91. The number of hydrogen-bond acceptors (Lipinski definition) is 3. The van der Waals surface area contributed by atoms with E-state index < -0.39 is 0 Å². The van der Waals surface area contributed by atoms with Crippen LogP contribution < -0.4 is 0 Å². The van der Waals surface area contributed by atoms with Gasteiger partial charge in [-0.25, -0.2) is 0 Å². The molecule has 0 saturated carbocycles. The van der Waals surface area contributed by atoms with Crippen molar-refractivity contribution >= 4 is 16.7 Å². The van der Waals surface area contributed by atoms with Gasteiger partial charge in [0.1, 0.15) is 12.7 Å². The third-order valence-corrected chi connectivity index (χ3v) is 5.94. The van der Waals surface area contributed by atoms with E-state index in [0.29, 0.717) is 18.4 Å². The van der Waals surface area contributed by atoms with Crippen LogP contribution in [-0.4, -0.2) is 25.3 Å². The van der Waals surface area contributed by atoms with Crippen molar-refractivity contribution in [2.75, 3.05) is 13.2 Å². The summed E-state index contributed by atoms with van der Waals surface area (Å²) in [6.45, 7) is 11.6. The Hall–Kier alpha value is -1.87. The highest BCUT2D eigenvalue weighted by molar-refractivity contribution is 5.92. The molecule has 1 saturated heterocycles. The molecule has 1 aliphatic carbocycles. The van der Waals surface area contributed by atoms with Gasteiger partial charge in [-0.15, -0.1) is 0 Å². The molecular formula is C25H38O3. The molecule has 2 aliphatic rings. The highest BCUT2D eigenvalue weighted by Gasteiger charge is 2.30. The van der Waals surface area contributed by atoms with Crippen LogP contribution in [0.2, 0.25) is 0 Å². The van der Waals surface area contributed by atoms with Gasteiger partial charge in [0.2, 0.25) is 0 Å². The Morgan fingerprint density at radius 3 is 2.00 bits per heavy atom. The van der Waals surface area contributed by atoms with E-state index in [0.717, 1.165) is 13.0 Å². The lowest BCUT2D eigenvalue weighted by Gasteiger charge is -2.19. The number of carbonyl (C=O) groups excluding carboxylic acids is 1. The number of ether oxygens (including phenoxy) is 2. The summed E-state index contributed by atoms with van der Waals surface area (Å²) in [5, 5.41) is 2.91. The van der Waals surface area contributed by atoms with Crippen molar-refractivity contribution in [3.05, 3.63) is 47.5 Å². The summed E-state index contributed by atoms with van der Waals surface area (Å²) in [4.78, 5) is 11.4. The fourth-order valence-corrected chi connectivity index (χ4v) is 3.37. The van der Waals surface area contributed by atoms with Crippen molar-refractivity contribution in [3.8, 4) is 0 Å². The Morgan fingerprint density at radius 2 is 1.57 bits per heavy atom. The maximum Gasteiger partial charge on any atom is 0.311 e. The summed E-state index contributed by atoms with van der Waals surface area (Å²) in [5.74, 6) is 1.23. The third-order valence-electron chi connectivity index (χ3n) is 5.94. The Bertz CT molecular complexity index is 747. The van der Waals surface area contributed by atoms with Crippen LogP contribution in [0.25, 0.3) is 10.8 Å². The predicted molar refractivity (Wildman–Crippen MR) is 119 cm³/mol. The lowest BCUT2D eigenvalue weighted by Crippen LogP contribution is -2.27. The molecule has 28 heavy (non-hydrogen) atoms. The molecule has 0 radical (unpaired) electrons. The van der Waals surface area contributed by atoms with Gasteiger partial charge in [-0.05, 0) is 54.0 Å². The zero-order valence-corrected chi connectivity index (χ0v) is 16.5. The van der Waals surface area contributed by atoms with Gasteiger partial charge < -0.3 is 9.47 Å². The van der Waals surface area contributed by atoms with Crippen LogP contribution in [0, 0.1) is 5.41 Å². The monoisotopic (exact) mass is 386 g/mol. The van der Waals surface area contributed by atoms with E-state index in [1.807, 2.05) is 20.8 Å². The number of carbonyl (C=O) groups is 1. The molecule has 2 aromatic carbocycles. The van der Waals surface area contributed by atoms with Crippen LogP contribution in [0.4, 0.5) is 0 Å². The molecule has 3 nitrogen and oxygen atoms in total. The standard InChI is InChI=1S/C14H14.C9H16O3.2CH4/c1-9-10(2)13-8-4-6-11-5-3-7-12(9)14(11)13;1-4-9(2,3)8(10)12-6-7-5-11-7;;/h3-10H,1-2H3;7H,4-6H2,1-3H3;2*1H4. The lowest BCUT2D eigenvalue weighted by molar-refractivity contribution is -0.154. The van der Waals surface area contributed by atoms with Crippen LogP contribution in [0.15, 0.2) is 36.4 Å². The predicted octanol–water partition coefficient (Wildman–Crippen LogP) is 6.70. The highest BCUT2D eigenvalue weighted by Crippen LogP contribution is 2.45. The van der Waals surface area contributed by atoms with Crippen LogP contribution in [0.1, 0.15) is 78.9 Å². The van der Waals surface area contributed by atoms with Gasteiger partial charge in [-0.1, -0.05) is 72.0 Å². The van der Waals surface area contributed by atoms with Gasteiger partial charge in [-0.2, -0.15) is 0 Å². The number of benzene rings is 2. The number of hydrogen-bond donors (Lipinski definition) is 0. The Balaban J connectivity index is 0.000000265. The topological polar surface area (TPSA) is 38.8 Å². The minimum Gasteiger partial charge on any atom is -0.462 e. The summed E-state index contributed by atoms with van der Waals surface area (Å²) >= 11 is 0. The van der Waals surface area contributed by atoms with E-state index in [2.05, 4.69) is 50.2 Å². The Morgan fingerprint density at radius 1 is 1.07 bits per heavy atom. The summed E-state index contributed by atoms with van der Waals surface area (Å²) in [5.41, 5.74) is 2.71. The third kappa shape index (κ3) is 4.94. The van der Waals surface area contributed by atoms with Crippen LogP contribution in [0.5, 0.6) is 0 Å². The average Bonchev–Trinajstić information content (AvgIpc) is 3.45. The van der Waals surface area contributed by atoms with Crippen LogP contribution >= 0.6 is 0 Å². The second kappa shape index (κ2) is 9.56. The molecule has 1 fully saturated rings. The largest absolute Gasteiger partial charge is 0.462 e. The minimum absolute atomic E-state index is 0. The second-order valence-electron chi connectivity index (χ2n) is 8.16.